The van der Waals surface area contributed by atoms with Gasteiger partial charge in [-0.25, -0.2) is 13.6 Å². The summed E-state index contributed by atoms with van der Waals surface area (Å²) in [6.07, 6.45) is 2.17. The third-order valence-electron chi connectivity index (χ3n) is 3.40. The Kier molecular flexibility index (Phi) is 5.09. The Morgan fingerprint density at radius 2 is 1.96 bits per heavy atom. The molecule has 0 fully saturated rings. The lowest BCUT2D eigenvalue weighted by molar-refractivity contribution is 0.400. The van der Waals surface area contributed by atoms with Crippen molar-refractivity contribution in [2.45, 2.75) is 18.2 Å². The molecule has 2 heterocycles. The molecule has 0 atom stereocenters. The minimum Gasteiger partial charge on any atom is -0.368 e. The Hall–Kier alpha value is -3.05. The van der Waals surface area contributed by atoms with Gasteiger partial charge in [-0.3, -0.25) is 0 Å². The fourth-order valence-corrected chi connectivity index (χ4v) is 2.68. The van der Waals surface area contributed by atoms with E-state index in [1.54, 1.807) is 25.1 Å². The van der Waals surface area contributed by atoms with E-state index in [2.05, 4.69) is 31.0 Å². The van der Waals surface area contributed by atoms with Gasteiger partial charge in [0.25, 0.3) is 0 Å². The summed E-state index contributed by atoms with van der Waals surface area (Å²) in [6, 6.07) is 8.13. The zero-order chi connectivity index (χ0) is 18.6. The van der Waals surface area contributed by atoms with Gasteiger partial charge < -0.3 is 15.2 Å². The molecule has 3 aromatic rings. The van der Waals surface area contributed by atoms with Gasteiger partial charge in [-0.2, -0.15) is 10.1 Å². The van der Waals surface area contributed by atoms with Crippen LogP contribution in [0, 0.1) is 6.92 Å². The first-order valence-electron chi connectivity index (χ1n) is 7.66. The summed E-state index contributed by atoms with van der Waals surface area (Å²) in [4.78, 5) is 4.37. The molecule has 0 spiro atoms. The minimum atomic E-state index is -3.67. The van der Waals surface area contributed by atoms with Crippen LogP contribution in [0.3, 0.4) is 0 Å². The standard InChI is InChI=1S/C15H17N7O3S/c1-10-8-13(22-25-10)19-15-20-14(9-18-21-15)17-7-6-11-2-4-12(5-3-11)26(16,23)24/h2-5,8-9H,6-7H2,1H3,(H2,16,23,24)(H2,17,19,20,21,22). The van der Waals surface area contributed by atoms with Gasteiger partial charge in [-0.15, -0.1) is 5.10 Å². The highest BCUT2D eigenvalue weighted by molar-refractivity contribution is 7.89. The Bertz CT molecular complexity index is 986. The molecule has 0 saturated carbocycles. The molecule has 4 N–H and O–H groups in total. The predicted molar refractivity (Wildman–Crippen MR) is 94.4 cm³/mol. The monoisotopic (exact) mass is 375 g/mol. The van der Waals surface area contributed by atoms with Crippen molar-refractivity contribution in [2.24, 2.45) is 5.14 Å². The number of aryl methyl sites for hydroxylation is 1. The van der Waals surface area contributed by atoms with Crippen molar-refractivity contribution in [3.63, 3.8) is 0 Å². The summed E-state index contributed by atoms with van der Waals surface area (Å²) in [7, 11) is -3.67. The van der Waals surface area contributed by atoms with Crippen LogP contribution in [-0.4, -0.2) is 35.3 Å². The number of rotatable bonds is 7. The van der Waals surface area contributed by atoms with Gasteiger partial charge in [0.15, 0.2) is 11.6 Å². The summed E-state index contributed by atoms with van der Waals surface area (Å²) in [5.41, 5.74) is 0.961. The van der Waals surface area contributed by atoms with Crippen LogP contribution >= 0.6 is 0 Å². The first kappa shape index (κ1) is 17.8. The molecule has 0 aliphatic rings. The number of anilines is 3. The van der Waals surface area contributed by atoms with Crippen molar-refractivity contribution in [1.82, 2.24) is 20.3 Å². The third kappa shape index (κ3) is 4.74. The smallest absolute Gasteiger partial charge is 0.250 e. The SMILES string of the molecule is Cc1cc(Nc2nncc(NCCc3ccc(S(N)(=O)=O)cc3)n2)no1. The highest BCUT2D eigenvalue weighted by atomic mass is 32.2. The largest absolute Gasteiger partial charge is 0.368 e. The van der Waals surface area contributed by atoms with Crippen LogP contribution < -0.4 is 15.8 Å². The maximum Gasteiger partial charge on any atom is 0.250 e. The highest BCUT2D eigenvalue weighted by Gasteiger charge is 2.07. The van der Waals surface area contributed by atoms with Gasteiger partial charge in [0.2, 0.25) is 16.0 Å². The fourth-order valence-electron chi connectivity index (χ4n) is 2.16. The van der Waals surface area contributed by atoms with E-state index in [1.165, 1.54) is 18.3 Å². The lowest BCUT2D eigenvalue weighted by Crippen LogP contribution is -2.12. The van der Waals surface area contributed by atoms with Crippen LogP contribution in [0.5, 0.6) is 0 Å². The van der Waals surface area contributed by atoms with E-state index < -0.39 is 10.0 Å². The Morgan fingerprint density at radius 3 is 2.62 bits per heavy atom. The molecule has 0 amide bonds. The number of sulfonamides is 1. The van der Waals surface area contributed by atoms with Gasteiger partial charge in [0.1, 0.15) is 5.76 Å². The number of nitrogens with two attached hydrogens (primary N) is 1. The van der Waals surface area contributed by atoms with Gasteiger partial charge in [-0.05, 0) is 31.0 Å². The summed E-state index contributed by atoms with van der Waals surface area (Å²) in [5.74, 6) is 2.00. The molecule has 3 rings (SSSR count). The number of aromatic nitrogens is 4. The van der Waals surface area contributed by atoms with Crippen LogP contribution in [0.15, 0.2) is 45.9 Å². The van der Waals surface area contributed by atoms with Gasteiger partial charge in [-0.1, -0.05) is 17.3 Å². The average Bonchev–Trinajstić information content (AvgIpc) is 3.00. The van der Waals surface area contributed by atoms with Gasteiger partial charge in [0, 0.05) is 12.6 Å². The fraction of sp³-hybridized carbons (Fsp3) is 0.200. The van der Waals surface area contributed by atoms with Crippen molar-refractivity contribution < 1.29 is 12.9 Å². The lowest BCUT2D eigenvalue weighted by atomic mass is 10.1. The van der Waals surface area contributed by atoms with E-state index in [-0.39, 0.29) is 4.90 Å². The summed E-state index contributed by atoms with van der Waals surface area (Å²) < 4.78 is 27.4. The zero-order valence-corrected chi connectivity index (χ0v) is 14.7. The molecular formula is C15H17N7O3S. The van der Waals surface area contributed by atoms with Crippen LogP contribution in [0.4, 0.5) is 17.6 Å². The molecular weight excluding hydrogens is 358 g/mol. The van der Waals surface area contributed by atoms with Gasteiger partial charge in [0.05, 0.1) is 11.1 Å². The van der Waals surface area contributed by atoms with Crippen molar-refractivity contribution in [3.05, 3.63) is 47.9 Å². The number of hydrogen-bond donors (Lipinski definition) is 3. The maximum absolute atomic E-state index is 11.2. The van der Waals surface area contributed by atoms with Crippen molar-refractivity contribution >= 4 is 27.6 Å². The molecule has 0 bridgehead atoms. The van der Waals surface area contributed by atoms with Crippen LogP contribution in [0.25, 0.3) is 0 Å². The highest BCUT2D eigenvalue weighted by Crippen LogP contribution is 2.13. The molecule has 136 valence electrons. The number of hydrogen-bond acceptors (Lipinski definition) is 9. The quantitative estimate of drug-likeness (QED) is 0.554. The molecule has 0 saturated heterocycles. The Balaban J connectivity index is 1.55. The maximum atomic E-state index is 11.2. The van der Waals surface area contributed by atoms with Crippen molar-refractivity contribution in [2.75, 3.05) is 17.2 Å². The van der Waals surface area contributed by atoms with Gasteiger partial charge >= 0.3 is 0 Å². The van der Waals surface area contributed by atoms with Crippen molar-refractivity contribution in [3.8, 4) is 0 Å². The number of nitrogens with zero attached hydrogens (tertiary/aromatic N) is 4. The average molecular weight is 375 g/mol. The molecule has 2 aromatic heterocycles. The van der Waals surface area contributed by atoms with Crippen LogP contribution in [-0.2, 0) is 16.4 Å². The predicted octanol–water partition coefficient (Wildman–Crippen LogP) is 1.21. The summed E-state index contributed by atoms with van der Waals surface area (Å²) in [6.45, 7) is 2.36. The minimum absolute atomic E-state index is 0.0908. The molecule has 0 unspecified atom stereocenters. The number of nitrogens with one attached hydrogen (secondary N) is 2. The van der Waals surface area contributed by atoms with Crippen LogP contribution in [0.1, 0.15) is 11.3 Å². The molecule has 10 nitrogen and oxygen atoms in total. The normalized spacial score (nSPS) is 11.3. The Morgan fingerprint density at radius 1 is 1.19 bits per heavy atom. The molecule has 0 aliphatic heterocycles. The number of primary sulfonamides is 1. The second-order valence-corrected chi connectivity index (χ2v) is 7.04. The van der Waals surface area contributed by atoms with Crippen molar-refractivity contribution in [1.29, 1.82) is 0 Å². The van der Waals surface area contributed by atoms with E-state index >= 15 is 0 Å². The van der Waals surface area contributed by atoms with E-state index in [0.717, 1.165) is 5.56 Å². The van der Waals surface area contributed by atoms with E-state index in [9.17, 15) is 8.42 Å². The zero-order valence-electron chi connectivity index (χ0n) is 13.9. The molecule has 1 aromatic carbocycles. The lowest BCUT2D eigenvalue weighted by Gasteiger charge is -2.07. The molecule has 0 radical (unpaired) electrons. The van der Waals surface area contributed by atoms with E-state index in [1.807, 2.05) is 0 Å². The summed E-state index contributed by atoms with van der Waals surface area (Å²) in [5, 5.41) is 22.7. The molecule has 26 heavy (non-hydrogen) atoms. The van der Waals surface area contributed by atoms with Crippen LogP contribution in [0.2, 0.25) is 0 Å². The molecule has 11 heteroatoms. The second kappa shape index (κ2) is 7.45. The number of benzene rings is 1. The molecule has 0 aliphatic carbocycles. The van der Waals surface area contributed by atoms with E-state index in [0.29, 0.717) is 36.3 Å². The Labute approximate surface area is 149 Å². The first-order chi connectivity index (χ1) is 12.4. The second-order valence-electron chi connectivity index (χ2n) is 5.48. The summed E-state index contributed by atoms with van der Waals surface area (Å²) >= 11 is 0. The first-order valence-corrected chi connectivity index (χ1v) is 9.20. The topological polar surface area (TPSA) is 149 Å². The van der Waals surface area contributed by atoms with E-state index in [4.69, 9.17) is 9.66 Å². The third-order valence-corrected chi connectivity index (χ3v) is 4.33.